The number of carbonyl (C=O) groups excluding carboxylic acids is 2. The molecule has 0 aromatic carbocycles. The van der Waals surface area contributed by atoms with Crippen LogP contribution < -0.4 is 0 Å². The minimum absolute atomic E-state index is 0.0435. The Labute approximate surface area is 119 Å². The van der Waals surface area contributed by atoms with Gasteiger partial charge in [-0.25, -0.2) is 0 Å². The number of rotatable bonds is 8. The predicted octanol–water partition coefficient (Wildman–Crippen LogP) is 1.61. The molecule has 0 aromatic rings. The summed E-state index contributed by atoms with van der Waals surface area (Å²) in [6.45, 7) is 0.189. The monoisotopic (exact) mass is 323 g/mol. The molecular weight excluding hydrogens is 317 g/mol. The van der Waals surface area contributed by atoms with Crippen LogP contribution in [0.3, 0.4) is 0 Å². The summed E-state index contributed by atoms with van der Waals surface area (Å²) >= 11 is 21.0. The number of carbonyl (C=O) groups is 2. The third kappa shape index (κ3) is 12.3. The van der Waals surface area contributed by atoms with Crippen LogP contribution in [-0.4, -0.2) is 40.6 Å². The van der Waals surface area contributed by atoms with Gasteiger partial charge in [0.25, 0.3) is 11.9 Å². The lowest BCUT2D eigenvalue weighted by Gasteiger charge is -2.06. The van der Waals surface area contributed by atoms with Gasteiger partial charge >= 0.3 is 7.69 Å². The molecule has 11 heteroatoms. The zero-order valence-corrected chi connectivity index (χ0v) is 11.5. The topological polar surface area (TPSA) is 59.1 Å². The Morgan fingerprint density at radius 2 is 1.24 bits per heavy atom. The quantitative estimate of drug-likeness (QED) is 0.499. The van der Waals surface area contributed by atoms with Crippen LogP contribution in [0.25, 0.3) is 0 Å². The Kier molecular flexibility index (Phi) is 10.1. The zero-order chi connectivity index (χ0) is 13.3. The Bertz CT molecular complexity index is 232. The molecule has 0 amide bonds. The van der Waals surface area contributed by atoms with Gasteiger partial charge < -0.3 is 9.31 Å². The van der Waals surface area contributed by atoms with Crippen LogP contribution in [0.5, 0.6) is 0 Å². The molecule has 0 spiro atoms. The summed E-state index contributed by atoms with van der Waals surface area (Å²) in [5, 5.41) is 0. The summed E-state index contributed by atoms with van der Waals surface area (Å²) in [6, 6.07) is 0. The van der Waals surface area contributed by atoms with Crippen LogP contribution in [-0.2, 0) is 18.9 Å². The van der Waals surface area contributed by atoms with Crippen molar-refractivity contribution in [1.29, 1.82) is 0 Å². The molecule has 0 bridgehead atoms. The maximum atomic E-state index is 11.0. The van der Waals surface area contributed by atoms with Gasteiger partial charge in [0.15, 0.2) is 0 Å². The van der Waals surface area contributed by atoms with Crippen LogP contribution in [0.1, 0.15) is 12.8 Å². The maximum absolute atomic E-state index is 11.0. The van der Waals surface area contributed by atoms with E-state index in [2.05, 4.69) is 9.31 Å². The van der Waals surface area contributed by atoms with Crippen molar-refractivity contribution in [2.75, 3.05) is 13.1 Å². The van der Waals surface area contributed by atoms with Gasteiger partial charge in [-0.2, -0.15) is 0 Å². The molecule has 0 N–H and O–H groups in total. The largest absolute Gasteiger partial charge is 0.662 e. The lowest BCUT2D eigenvalue weighted by Crippen LogP contribution is -2.19. The molecule has 6 nitrogen and oxygen atoms in total. The molecule has 0 aliphatic rings. The summed E-state index contributed by atoms with van der Waals surface area (Å²) < 4.78 is 10.4. The Hall–Kier alpha value is 0.0849. The smallest absolute Gasteiger partial charge is 0.500 e. The Morgan fingerprint density at radius 3 is 1.53 bits per heavy atom. The highest BCUT2D eigenvalue weighted by molar-refractivity contribution is 6.34. The molecule has 0 saturated heterocycles. The molecule has 97 valence electrons. The van der Waals surface area contributed by atoms with Gasteiger partial charge in [-0.1, -0.05) is 0 Å². The summed E-state index contributed by atoms with van der Waals surface area (Å²) in [7, 11) is 0.629. The second kappa shape index (κ2) is 10.0. The van der Waals surface area contributed by atoms with Crippen molar-refractivity contribution < 1.29 is 18.9 Å². The molecule has 0 aliphatic heterocycles. The summed E-state index contributed by atoms with van der Waals surface area (Å²) in [5.74, 6) is -1.28. The van der Waals surface area contributed by atoms with Crippen LogP contribution >= 0.6 is 47.1 Å². The van der Waals surface area contributed by atoms with E-state index in [1.165, 1.54) is 0 Å². The van der Waals surface area contributed by atoms with Gasteiger partial charge in [-0.05, 0) is 47.1 Å². The second-order valence-electron chi connectivity index (χ2n) is 2.63. The first kappa shape index (κ1) is 17.1. The molecule has 0 unspecified atom stereocenters. The average molecular weight is 325 g/mol. The van der Waals surface area contributed by atoms with E-state index in [-0.39, 0.29) is 25.9 Å². The van der Waals surface area contributed by atoms with Crippen molar-refractivity contribution in [3.63, 3.8) is 0 Å². The van der Waals surface area contributed by atoms with Gasteiger partial charge in [0.2, 0.25) is 0 Å². The number of halogens is 4. The standard InChI is InChI=1S/C6H8BCl4N2O4/c8-12(9)3-1-5(14)16-7-17-6(15)2-4-13(10)11/h1-4H2. The SMILES string of the molecule is O=C(CCN(Cl)Cl)O[B]OC(=O)CCN(Cl)Cl. The minimum atomic E-state index is -0.639. The van der Waals surface area contributed by atoms with Crippen molar-refractivity contribution in [1.82, 2.24) is 7.88 Å². The van der Waals surface area contributed by atoms with E-state index >= 15 is 0 Å². The third-order valence-electron chi connectivity index (χ3n) is 1.33. The van der Waals surface area contributed by atoms with Crippen LogP contribution in [0, 0.1) is 0 Å². The van der Waals surface area contributed by atoms with E-state index < -0.39 is 11.9 Å². The fourth-order valence-electron chi connectivity index (χ4n) is 0.601. The third-order valence-corrected chi connectivity index (χ3v) is 2.01. The molecule has 0 saturated carbocycles. The van der Waals surface area contributed by atoms with Crippen molar-refractivity contribution >= 4 is 66.7 Å². The number of hydrogen-bond acceptors (Lipinski definition) is 6. The van der Waals surface area contributed by atoms with E-state index in [0.29, 0.717) is 7.69 Å². The second-order valence-corrected chi connectivity index (χ2v) is 4.61. The van der Waals surface area contributed by atoms with E-state index in [1.54, 1.807) is 0 Å². The van der Waals surface area contributed by atoms with Gasteiger partial charge in [0.05, 0.1) is 12.8 Å². The van der Waals surface area contributed by atoms with E-state index in [0.717, 1.165) is 7.88 Å². The first-order chi connectivity index (χ1) is 7.91. The van der Waals surface area contributed by atoms with Gasteiger partial charge in [0.1, 0.15) is 0 Å². The van der Waals surface area contributed by atoms with Crippen molar-refractivity contribution in [3.8, 4) is 0 Å². The van der Waals surface area contributed by atoms with Gasteiger partial charge in [-0.15, -0.1) is 7.88 Å². The highest BCUT2D eigenvalue weighted by Gasteiger charge is 2.12. The number of nitrogens with zero attached hydrogens (tertiary/aromatic N) is 2. The van der Waals surface area contributed by atoms with Crippen LogP contribution in [0.15, 0.2) is 0 Å². The lowest BCUT2D eigenvalue weighted by molar-refractivity contribution is -0.139. The summed E-state index contributed by atoms with van der Waals surface area (Å²) in [6.07, 6.45) is -0.0869. The fourth-order valence-corrected chi connectivity index (χ4v) is 0.939. The molecule has 17 heavy (non-hydrogen) atoms. The summed E-state index contributed by atoms with van der Waals surface area (Å²) in [5.41, 5.74) is 0. The molecule has 0 atom stereocenters. The lowest BCUT2D eigenvalue weighted by atomic mass is 10.3. The van der Waals surface area contributed by atoms with Crippen molar-refractivity contribution in [2.24, 2.45) is 0 Å². The Balaban J connectivity index is 3.49. The Morgan fingerprint density at radius 1 is 0.882 bits per heavy atom. The molecule has 1 radical (unpaired) electrons. The zero-order valence-electron chi connectivity index (χ0n) is 8.45. The highest BCUT2D eigenvalue weighted by atomic mass is 35.5. The average Bonchev–Trinajstić information content (AvgIpc) is 2.23. The normalized spacial score (nSPS) is 10.5. The predicted molar refractivity (Wildman–Crippen MR) is 64.0 cm³/mol. The molecule has 0 aromatic heterocycles. The van der Waals surface area contributed by atoms with E-state index in [1.807, 2.05) is 0 Å². The molecular formula is C6H8BCl4N2O4. The number of hydrogen-bond donors (Lipinski definition) is 0. The fraction of sp³-hybridized carbons (Fsp3) is 0.667. The maximum Gasteiger partial charge on any atom is 0.662 e. The first-order valence-corrected chi connectivity index (χ1v) is 5.66. The van der Waals surface area contributed by atoms with E-state index in [4.69, 9.17) is 47.1 Å². The van der Waals surface area contributed by atoms with Gasteiger partial charge in [0, 0.05) is 13.1 Å². The highest BCUT2D eigenvalue weighted by Crippen LogP contribution is 2.01. The molecule has 0 aliphatic carbocycles. The minimum Gasteiger partial charge on any atom is -0.500 e. The van der Waals surface area contributed by atoms with E-state index in [9.17, 15) is 9.59 Å². The van der Waals surface area contributed by atoms with Gasteiger partial charge in [-0.3, -0.25) is 9.59 Å². The summed E-state index contributed by atoms with van der Waals surface area (Å²) in [4.78, 5) is 21.9. The van der Waals surface area contributed by atoms with Crippen LogP contribution in [0.4, 0.5) is 0 Å². The molecule has 0 heterocycles. The van der Waals surface area contributed by atoms with Crippen molar-refractivity contribution in [3.05, 3.63) is 0 Å². The first-order valence-electron chi connectivity index (χ1n) is 4.30. The molecule has 0 rings (SSSR count). The van der Waals surface area contributed by atoms with Crippen LogP contribution in [0.2, 0.25) is 0 Å². The van der Waals surface area contributed by atoms with Crippen molar-refractivity contribution in [2.45, 2.75) is 12.8 Å². The molecule has 0 fully saturated rings.